The first kappa shape index (κ1) is 11.8. The first-order valence-corrected chi connectivity index (χ1v) is 5.35. The van der Waals surface area contributed by atoms with Crippen LogP contribution in [-0.2, 0) is 4.79 Å². The average molecular weight is 205 g/mol. The molecule has 2 heteroatoms. The zero-order valence-electron chi connectivity index (χ0n) is 9.79. The van der Waals surface area contributed by atoms with E-state index < -0.39 is 0 Å². The maximum atomic E-state index is 11.6. The summed E-state index contributed by atoms with van der Waals surface area (Å²) in [5.74, 6) is 0.183. The molecular weight excluding hydrogens is 186 g/mol. The van der Waals surface area contributed by atoms with E-state index in [2.05, 4.69) is 25.7 Å². The molecule has 0 spiro atoms. The summed E-state index contributed by atoms with van der Waals surface area (Å²) in [5, 5.41) is 0. The van der Waals surface area contributed by atoms with Gasteiger partial charge in [-0.15, -0.1) is 0 Å². The predicted octanol–water partition coefficient (Wildman–Crippen LogP) is 2.69. The molecule has 0 radical (unpaired) electrons. The molecule has 82 valence electrons. The Hall–Kier alpha value is -1.31. The number of amides is 1. The maximum absolute atomic E-state index is 11.6. The summed E-state index contributed by atoms with van der Waals surface area (Å²) in [6, 6.07) is 0.167. The van der Waals surface area contributed by atoms with E-state index in [1.54, 1.807) is 0 Å². The zero-order valence-corrected chi connectivity index (χ0v) is 9.79. The molecule has 1 atom stereocenters. The van der Waals surface area contributed by atoms with Crippen LogP contribution in [0, 0.1) is 0 Å². The van der Waals surface area contributed by atoms with Crippen LogP contribution in [0.3, 0.4) is 0 Å². The normalized spacial score (nSPS) is 20.3. The largest absolute Gasteiger partial charge is 0.338 e. The van der Waals surface area contributed by atoms with Crippen LogP contribution in [0.15, 0.2) is 36.0 Å². The van der Waals surface area contributed by atoms with Crippen LogP contribution in [-0.4, -0.2) is 23.9 Å². The van der Waals surface area contributed by atoms with Crippen LogP contribution in [0.4, 0.5) is 0 Å². The molecule has 1 rings (SSSR count). The minimum Gasteiger partial charge on any atom is -0.338 e. The minimum absolute atomic E-state index is 0.167. The second-order valence-corrected chi connectivity index (χ2v) is 3.96. The van der Waals surface area contributed by atoms with E-state index in [9.17, 15) is 4.79 Å². The molecule has 0 fully saturated rings. The Labute approximate surface area is 92.0 Å². The van der Waals surface area contributed by atoms with Crippen LogP contribution in [0.25, 0.3) is 0 Å². The van der Waals surface area contributed by atoms with Gasteiger partial charge < -0.3 is 4.90 Å². The summed E-state index contributed by atoms with van der Waals surface area (Å²) in [4.78, 5) is 13.4. The van der Waals surface area contributed by atoms with Crippen molar-refractivity contribution in [3.05, 3.63) is 36.0 Å². The van der Waals surface area contributed by atoms with Crippen molar-refractivity contribution in [3.8, 4) is 0 Å². The van der Waals surface area contributed by atoms with Gasteiger partial charge in [-0.2, -0.15) is 0 Å². The van der Waals surface area contributed by atoms with Crippen LogP contribution >= 0.6 is 0 Å². The fraction of sp³-hybridized carbons (Fsp3) is 0.462. The van der Waals surface area contributed by atoms with Gasteiger partial charge in [0.2, 0.25) is 5.91 Å². The summed E-state index contributed by atoms with van der Waals surface area (Å²) in [7, 11) is 1.87. The van der Waals surface area contributed by atoms with Gasteiger partial charge in [-0.05, 0) is 18.9 Å². The van der Waals surface area contributed by atoms with Crippen molar-refractivity contribution in [1.82, 2.24) is 4.90 Å². The first-order chi connectivity index (χ1) is 7.10. The number of rotatable bonds is 3. The molecule has 0 aromatic rings. The number of carbonyl (C=O) groups is 1. The van der Waals surface area contributed by atoms with Gasteiger partial charge in [0.15, 0.2) is 0 Å². The summed E-state index contributed by atoms with van der Waals surface area (Å²) in [6.07, 6.45) is 7.46. The van der Waals surface area contributed by atoms with Crippen LogP contribution in [0.1, 0.15) is 26.7 Å². The molecule has 2 nitrogen and oxygen atoms in total. The average Bonchev–Trinajstić information content (AvgIpc) is 2.27. The third kappa shape index (κ3) is 2.58. The van der Waals surface area contributed by atoms with Crippen molar-refractivity contribution >= 4 is 5.91 Å². The number of hydrogen-bond donors (Lipinski definition) is 0. The van der Waals surface area contributed by atoms with Gasteiger partial charge in [0.25, 0.3) is 0 Å². The Kier molecular flexibility index (Phi) is 3.89. The van der Waals surface area contributed by atoms with Crippen molar-refractivity contribution in [2.45, 2.75) is 32.7 Å². The van der Waals surface area contributed by atoms with Gasteiger partial charge >= 0.3 is 0 Å². The number of hydrogen-bond acceptors (Lipinski definition) is 1. The number of allylic oxidation sites excluding steroid dienone is 2. The molecule has 0 N–H and O–H groups in total. The first-order valence-electron chi connectivity index (χ1n) is 5.35. The Bertz CT molecular complexity index is 325. The summed E-state index contributed by atoms with van der Waals surface area (Å²) in [6.45, 7) is 7.77. The Morgan fingerprint density at radius 2 is 2.33 bits per heavy atom. The second-order valence-electron chi connectivity index (χ2n) is 3.96. The van der Waals surface area contributed by atoms with E-state index in [0.29, 0.717) is 6.42 Å². The van der Waals surface area contributed by atoms with E-state index in [4.69, 9.17) is 0 Å². The third-order valence-electron chi connectivity index (χ3n) is 2.86. The van der Waals surface area contributed by atoms with Crippen LogP contribution in [0.5, 0.6) is 0 Å². The third-order valence-corrected chi connectivity index (χ3v) is 2.86. The topological polar surface area (TPSA) is 20.3 Å². The minimum atomic E-state index is 0.167. The molecule has 15 heavy (non-hydrogen) atoms. The van der Waals surface area contributed by atoms with E-state index in [0.717, 1.165) is 12.0 Å². The summed E-state index contributed by atoms with van der Waals surface area (Å²) >= 11 is 0. The molecule has 0 saturated heterocycles. The fourth-order valence-corrected chi connectivity index (χ4v) is 1.83. The van der Waals surface area contributed by atoms with Crippen molar-refractivity contribution in [2.75, 3.05) is 7.05 Å². The van der Waals surface area contributed by atoms with Gasteiger partial charge in [0.1, 0.15) is 0 Å². The smallest absolute Gasteiger partial charge is 0.222 e. The van der Waals surface area contributed by atoms with Crippen molar-refractivity contribution in [2.24, 2.45) is 0 Å². The summed E-state index contributed by atoms with van der Waals surface area (Å²) in [5.41, 5.74) is 2.44. The SMILES string of the molecule is C=CC1=CC=C(C)CC1N(C)C(=O)CC. The molecule has 0 aliphatic heterocycles. The highest BCUT2D eigenvalue weighted by atomic mass is 16.2. The molecule has 1 aliphatic rings. The van der Waals surface area contributed by atoms with Gasteiger partial charge in [-0.1, -0.05) is 37.3 Å². The molecule has 1 aliphatic carbocycles. The maximum Gasteiger partial charge on any atom is 0.222 e. The standard InChI is InChI=1S/C13H19NO/c1-5-11-8-7-10(3)9-12(11)14(4)13(15)6-2/h5,7-8,12H,1,6,9H2,2-4H3. The summed E-state index contributed by atoms with van der Waals surface area (Å²) < 4.78 is 0. The lowest BCUT2D eigenvalue weighted by Crippen LogP contribution is -2.38. The lowest BCUT2D eigenvalue weighted by molar-refractivity contribution is -0.130. The Balaban J connectivity index is 2.86. The van der Waals surface area contributed by atoms with Gasteiger partial charge in [-0.3, -0.25) is 4.79 Å². The molecule has 0 heterocycles. The number of likely N-dealkylation sites (N-methyl/N-ethyl adjacent to an activating group) is 1. The Morgan fingerprint density at radius 1 is 1.67 bits per heavy atom. The van der Waals surface area contributed by atoms with Gasteiger partial charge in [0, 0.05) is 13.5 Å². The van der Waals surface area contributed by atoms with Crippen molar-refractivity contribution in [3.63, 3.8) is 0 Å². The lowest BCUT2D eigenvalue weighted by Gasteiger charge is -2.31. The van der Waals surface area contributed by atoms with E-state index >= 15 is 0 Å². The molecule has 0 bridgehead atoms. The highest BCUT2D eigenvalue weighted by Gasteiger charge is 2.22. The molecular formula is C13H19NO. The molecule has 0 aromatic carbocycles. The predicted molar refractivity (Wildman–Crippen MR) is 63.5 cm³/mol. The Morgan fingerprint density at radius 3 is 2.87 bits per heavy atom. The lowest BCUT2D eigenvalue weighted by atomic mass is 9.93. The van der Waals surface area contributed by atoms with Crippen molar-refractivity contribution in [1.29, 1.82) is 0 Å². The quantitative estimate of drug-likeness (QED) is 0.693. The number of nitrogens with zero attached hydrogens (tertiary/aromatic N) is 1. The fourth-order valence-electron chi connectivity index (χ4n) is 1.83. The molecule has 0 aromatic heterocycles. The number of carbonyl (C=O) groups excluding carboxylic acids is 1. The van der Waals surface area contributed by atoms with E-state index in [-0.39, 0.29) is 11.9 Å². The highest BCUT2D eigenvalue weighted by Crippen LogP contribution is 2.23. The van der Waals surface area contributed by atoms with E-state index in [1.807, 2.05) is 24.9 Å². The molecule has 1 unspecified atom stereocenters. The highest BCUT2D eigenvalue weighted by molar-refractivity contribution is 5.76. The second kappa shape index (κ2) is 4.96. The zero-order chi connectivity index (χ0) is 11.4. The molecule has 0 saturated carbocycles. The van der Waals surface area contributed by atoms with Crippen LogP contribution < -0.4 is 0 Å². The molecule has 1 amide bonds. The van der Waals surface area contributed by atoms with Crippen LogP contribution in [0.2, 0.25) is 0 Å². The van der Waals surface area contributed by atoms with E-state index in [1.165, 1.54) is 5.57 Å². The van der Waals surface area contributed by atoms with Crippen molar-refractivity contribution < 1.29 is 4.79 Å². The monoisotopic (exact) mass is 205 g/mol. The van der Waals surface area contributed by atoms with Gasteiger partial charge in [-0.25, -0.2) is 0 Å². The van der Waals surface area contributed by atoms with Gasteiger partial charge in [0.05, 0.1) is 6.04 Å².